The second kappa shape index (κ2) is 36.3. The molecule has 0 unspecified atom stereocenters. The monoisotopic (exact) mass is 1190 g/mol. The molecule has 9 atom stereocenters. The second-order valence-electron chi connectivity index (χ2n) is 22.4. The van der Waals surface area contributed by atoms with E-state index in [1.54, 1.807) is 66.9 Å². The van der Waals surface area contributed by atoms with Crippen molar-refractivity contribution in [2.45, 2.75) is 171 Å². The molecule has 1 aliphatic rings. The molecule has 86 heavy (non-hydrogen) atoms. The van der Waals surface area contributed by atoms with Gasteiger partial charge in [-0.05, 0) is 99.8 Å². The minimum atomic E-state index is -1.54. The molecule has 24 heteroatoms. The van der Waals surface area contributed by atoms with Crippen LogP contribution in [-0.2, 0) is 49.6 Å². The van der Waals surface area contributed by atoms with Crippen molar-refractivity contribution in [1.82, 2.24) is 52.8 Å². The molecule has 5 rings (SSSR count). The smallest absolute Gasteiger partial charge is 0.244 e. The van der Waals surface area contributed by atoms with Crippen molar-refractivity contribution < 1.29 is 48.3 Å². The summed E-state index contributed by atoms with van der Waals surface area (Å²) in [5.74, 6) is -8.23. The lowest BCUT2D eigenvalue weighted by molar-refractivity contribution is -0.136. The Hall–Kier alpha value is -7.77. The van der Waals surface area contributed by atoms with Crippen LogP contribution >= 0.6 is 0 Å². The first-order valence-electron chi connectivity index (χ1n) is 30.2. The number of aromatic amines is 1. The molecule has 9 amide bonds. The topological polar surface area (TPSA) is 402 Å². The van der Waals surface area contributed by atoms with Gasteiger partial charge in [-0.25, -0.2) is 0 Å². The Labute approximate surface area is 503 Å². The van der Waals surface area contributed by atoms with Crippen LogP contribution in [0.15, 0.2) is 91.1 Å². The summed E-state index contributed by atoms with van der Waals surface area (Å²) in [4.78, 5) is 134. The van der Waals surface area contributed by atoms with Crippen LogP contribution < -0.4 is 70.8 Å². The van der Waals surface area contributed by atoms with Crippen molar-refractivity contribution in [2.75, 3.05) is 32.7 Å². The zero-order chi connectivity index (χ0) is 62.5. The molecule has 0 saturated carbocycles. The molecule has 0 spiro atoms. The van der Waals surface area contributed by atoms with Crippen LogP contribution in [0.2, 0.25) is 0 Å². The van der Waals surface area contributed by atoms with E-state index in [2.05, 4.69) is 59.8 Å². The number of hydrogen-bond donors (Lipinski definition) is 15. The highest BCUT2D eigenvalue weighted by atomic mass is 16.3. The van der Waals surface area contributed by atoms with E-state index in [9.17, 15) is 43.5 Å². The maximum Gasteiger partial charge on any atom is 0.244 e. The number of nitrogens with one attached hydrogen (secondary N) is 10. The van der Waals surface area contributed by atoms with Crippen molar-refractivity contribution in [1.29, 1.82) is 0 Å². The largest absolute Gasteiger partial charge is 0.393 e. The van der Waals surface area contributed by atoms with Crippen molar-refractivity contribution in [3.8, 4) is 0 Å². The van der Waals surface area contributed by atoms with E-state index in [1.807, 2.05) is 38.1 Å². The van der Waals surface area contributed by atoms with E-state index in [4.69, 9.17) is 22.9 Å². The number of unbranched alkanes of at least 4 members (excludes halogenated alkanes) is 4. The molecule has 19 N–H and O–H groups in total. The molecule has 1 saturated heterocycles. The Morgan fingerprint density at radius 2 is 1.12 bits per heavy atom. The summed E-state index contributed by atoms with van der Waals surface area (Å²) < 4.78 is 0. The molecule has 24 nitrogen and oxygen atoms in total. The van der Waals surface area contributed by atoms with Crippen LogP contribution in [0.1, 0.15) is 127 Å². The number of amides is 9. The van der Waals surface area contributed by atoms with E-state index >= 15 is 4.79 Å². The Balaban J connectivity index is 1.60. The lowest BCUT2D eigenvalue weighted by atomic mass is 9.84. The molecule has 1 aliphatic heterocycles. The highest BCUT2D eigenvalue weighted by molar-refractivity contribution is 5.99. The van der Waals surface area contributed by atoms with Gasteiger partial charge < -0.3 is 80.9 Å². The summed E-state index contributed by atoms with van der Waals surface area (Å²) in [6.45, 7) is 5.06. The first-order valence-corrected chi connectivity index (χ1v) is 30.2. The van der Waals surface area contributed by atoms with E-state index in [0.29, 0.717) is 29.5 Å². The quantitative estimate of drug-likeness (QED) is 0.0381. The van der Waals surface area contributed by atoms with E-state index in [0.717, 1.165) is 36.6 Å². The van der Waals surface area contributed by atoms with Gasteiger partial charge in [0.15, 0.2) is 0 Å². The number of nitrogens with two attached hydrogens (primary N) is 4. The van der Waals surface area contributed by atoms with Crippen molar-refractivity contribution in [2.24, 2.45) is 28.9 Å². The lowest BCUT2D eigenvalue weighted by Crippen LogP contribution is -2.61. The number of hydrogen-bond acceptors (Lipinski definition) is 14. The third-order valence-electron chi connectivity index (χ3n) is 15.1. The highest BCUT2D eigenvalue weighted by Gasteiger charge is 2.39. The fourth-order valence-corrected chi connectivity index (χ4v) is 10.5. The number of carbonyl (C=O) groups excluding carboxylic acids is 9. The minimum Gasteiger partial charge on any atom is -0.393 e. The van der Waals surface area contributed by atoms with Gasteiger partial charge in [0.2, 0.25) is 53.2 Å². The number of aliphatic hydroxyl groups excluding tert-OH is 1. The van der Waals surface area contributed by atoms with Gasteiger partial charge in [-0.1, -0.05) is 132 Å². The third-order valence-corrected chi connectivity index (χ3v) is 15.1. The average Bonchev–Trinajstić information content (AvgIpc) is 2.40. The predicted octanol–water partition coefficient (Wildman–Crippen LogP) is 0.494. The molecule has 470 valence electrons. The molecular formula is C62H92N14O10. The highest BCUT2D eigenvalue weighted by Crippen LogP contribution is 2.29. The number of H-pyrrole nitrogens is 1. The Bertz CT molecular complexity index is 2780. The number of para-hydroxylation sites is 1. The van der Waals surface area contributed by atoms with Crippen LogP contribution in [0.25, 0.3) is 10.9 Å². The van der Waals surface area contributed by atoms with Crippen molar-refractivity contribution in [3.05, 3.63) is 108 Å². The number of carbonyl (C=O) groups is 9. The Morgan fingerprint density at radius 1 is 0.593 bits per heavy atom. The molecule has 0 aliphatic carbocycles. The maximum atomic E-state index is 15.2. The van der Waals surface area contributed by atoms with Gasteiger partial charge in [0.25, 0.3) is 0 Å². The van der Waals surface area contributed by atoms with Crippen LogP contribution in [-0.4, -0.2) is 150 Å². The summed E-state index contributed by atoms with van der Waals surface area (Å²) in [7, 11) is 0. The third kappa shape index (κ3) is 21.6. The van der Waals surface area contributed by atoms with E-state index in [1.165, 1.54) is 0 Å². The SMILES string of the molecule is CCCCCCC[C@@H](O)CC(=O)N[C@H](CCN)C(=O)N[C@H]1CCNC(=O)[C@H](Cc2c[nH]c3ccccc23)NC(=O)[C@H](CCN)NC(=O)[C@H](CCN)NC(=O)[C@H](CC(C)C)NC(=O)[C@@H](C(c2ccccc2)c2ccccc2)NC(=O)[C@H](CCN)NC1=O. The molecule has 2 heterocycles. The first kappa shape index (κ1) is 69.0. The molecule has 1 fully saturated rings. The zero-order valence-corrected chi connectivity index (χ0v) is 49.9. The molecule has 3 aromatic carbocycles. The molecular weight excluding hydrogens is 1100 g/mol. The zero-order valence-electron chi connectivity index (χ0n) is 49.9. The van der Waals surface area contributed by atoms with E-state index in [-0.39, 0.29) is 90.0 Å². The summed E-state index contributed by atoms with van der Waals surface area (Å²) in [5, 5.41) is 36.3. The Kier molecular flexibility index (Phi) is 29.1. The standard InChI is InChI=1S/C62H92N14O10/c1-4-5-6-7-14-21-42(77)36-52(78)69-45(24-29-63)56(80)73-49-28-33-67-55(79)51(35-41-37-68-44-23-16-15-22-43(41)44)74-58(82)47(26-31-65)70-57(81)46(25-30-64)72-61(85)50(34-38(2)3)75-62(86)54(76-60(84)48(27-32-66)71-59(49)83)53(39-17-10-8-11-18-39)40-19-12-9-13-20-40/h8-13,15-20,22-23,37-38,42,45-51,53-54,68,77H,4-7,14,21,24-36,63-66H2,1-3H3,(H,67,79)(H,69,78)(H,70,81)(H,71,83)(H,72,85)(H,73,80)(H,74,82)(H,75,86)(H,76,84)/t42-,45-,46+,47+,48+,49+,50+,51+,54-/m1/s1. The first-order chi connectivity index (χ1) is 41.4. The van der Waals surface area contributed by atoms with Crippen LogP contribution in [0.3, 0.4) is 0 Å². The van der Waals surface area contributed by atoms with Gasteiger partial charge in [-0.15, -0.1) is 0 Å². The van der Waals surface area contributed by atoms with E-state index < -0.39 is 114 Å². The number of aromatic nitrogens is 1. The fourth-order valence-electron chi connectivity index (χ4n) is 10.5. The van der Waals surface area contributed by atoms with Crippen LogP contribution in [0.4, 0.5) is 0 Å². The van der Waals surface area contributed by atoms with Gasteiger partial charge in [-0.3, -0.25) is 43.2 Å². The molecule has 0 bridgehead atoms. The maximum absolute atomic E-state index is 15.2. The summed E-state index contributed by atoms with van der Waals surface area (Å²) >= 11 is 0. The normalized spacial score (nSPS) is 21.5. The van der Waals surface area contributed by atoms with Crippen molar-refractivity contribution >= 4 is 64.1 Å². The molecule has 4 aromatic rings. The predicted molar refractivity (Wildman–Crippen MR) is 328 cm³/mol. The second-order valence-corrected chi connectivity index (χ2v) is 22.4. The summed E-state index contributed by atoms with van der Waals surface area (Å²) in [6.07, 6.45) is 4.74. The molecule has 1 aromatic heterocycles. The number of rotatable bonds is 26. The number of benzene rings is 3. The lowest BCUT2D eigenvalue weighted by Gasteiger charge is -2.32. The number of aliphatic hydroxyl groups is 1. The number of fused-ring (bicyclic) bond motifs is 1. The van der Waals surface area contributed by atoms with Gasteiger partial charge >= 0.3 is 0 Å². The average molecular weight is 1190 g/mol. The molecule has 0 radical (unpaired) electrons. The van der Waals surface area contributed by atoms with Crippen LogP contribution in [0.5, 0.6) is 0 Å². The Morgan fingerprint density at radius 3 is 1.69 bits per heavy atom. The van der Waals surface area contributed by atoms with Gasteiger partial charge in [0.05, 0.1) is 12.5 Å². The summed E-state index contributed by atoms with van der Waals surface area (Å²) in [6, 6.07) is 14.0. The van der Waals surface area contributed by atoms with Gasteiger partial charge in [-0.2, -0.15) is 0 Å². The van der Waals surface area contributed by atoms with Gasteiger partial charge in [0, 0.05) is 36.0 Å². The van der Waals surface area contributed by atoms with Gasteiger partial charge in [0.1, 0.15) is 48.3 Å². The minimum absolute atomic E-state index is 0.0601. The van der Waals surface area contributed by atoms with Crippen molar-refractivity contribution in [3.63, 3.8) is 0 Å². The fraction of sp³-hybridized carbons (Fsp3) is 0.532. The summed E-state index contributed by atoms with van der Waals surface area (Å²) in [5.41, 5.74) is 26.7. The van der Waals surface area contributed by atoms with Crippen LogP contribution in [0, 0.1) is 5.92 Å².